The highest BCUT2D eigenvalue weighted by atomic mass is 19.3. The number of aromatic nitrogens is 2. The van der Waals surface area contributed by atoms with Crippen molar-refractivity contribution in [3.05, 3.63) is 78.1 Å². The lowest BCUT2D eigenvalue weighted by atomic mass is 10.1. The monoisotopic (exact) mass is 336 g/mol. The van der Waals surface area contributed by atoms with Crippen LogP contribution >= 0.6 is 0 Å². The van der Waals surface area contributed by atoms with E-state index in [1.165, 1.54) is 10.7 Å². The van der Waals surface area contributed by atoms with Crippen LogP contribution in [-0.4, -0.2) is 15.6 Å². The van der Waals surface area contributed by atoms with Crippen molar-refractivity contribution >= 4 is 22.3 Å². The summed E-state index contributed by atoms with van der Waals surface area (Å²) < 4.78 is 20.0. The molecule has 0 radical (unpaired) electrons. The fourth-order valence-corrected chi connectivity index (χ4v) is 2.91. The van der Waals surface area contributed by atoms with E-state index in [9.17, 15) is 9.32 Å². The van der Waals surface area contributed by atoms with Gasteiger partial charge in [-0.2, -0.15) is 5.10 Å². The fraction of sp³-hybridized carbons (Fsp3) is 0.0526. The number of fused-ring (bicyclic) bond motifs is 3. The first kappa shape index (κ1) is 15.1. The van der Waals surface area contributed by atoms with E-state index in [0.717, 1.165) is 10.9 Å². The zero-order valence-electron chi connectivity index (χ0n) is 13.1. The van der Waals surface area contributed by atoms with Crippen LogP contribution in [0, 0.1) is 0 Å². The molecule has 25 heavy (non-hydrogen) atoms. The Labute approximate surface area is 142 Å². The number of carbonyl (C=O) groups is 1. The molecule has 0 N–H and O–H groups in total. The van der Waals surface area contributed by atoms with Crippen molar-refractivity contribution in [1.82, 2.24) is 9.61 Å². The Balaban J connectivity index is 1.93. The van der Waals surface area contributed by atoms with Crippen molar-refractivity contribution in [1.29, 1.82) is 0 Å². The molecule has 5 nitrogen and oxygen atoms in total. The first-order chi connectivity index (χ1) is 12.3. The molecule has 124 valence electrons. The molecule has 0 spiro atoms. The van der Waals surface area contributed by atoms with Gasteiger partial charge in [-0.3, -0.25) is 0 Å². The molecule has 0 unspecified atom stereocenters. The number of nitrogens with zero attached hydrogens (tertiary/aromatic N) is 2. The van der Waals surface area contributed by atoms with Crippen LogP contribution in [0.2, 0.25) is 0 Å². The average molecular weight is 336 g/mol. The zero-order chi connectivity index (χ0) is 17.2. The summed E-state index contributed by atoms with van der Waals surface area (Å²) >= 11 is 0. The van der Waals surface area contributed by atoms with E-state index in [1.54, 1.807) is 6.07 Å². The Morgan fingerprint density at radius 3 is 2.48 bits per heavy atom. The third kappa shape index (κ3) is 2.57. The van der Waals surface area contributed by atoms with Crippen molar-refractivity contribution in [2.45, 2.75) is 6.61 Å². The van der Waals surface area contributed by atoms with Crippen molar-refractivity contribution in [2.24, 2.45) is 0 Å². The minimum Gasteiger partial charge on any atom is -0.486 e. The van der Waals surface area contributed by atoms with Crippen LogP contribution in [0.4, 0.5) is 4.53 Å². The third-order valence-electron chi connectivity index (χ3n) is 4.01. The highest BCUT2D eigenvalue weighted by Crippen LogP contribution is 2.34. The number of halogens is 1. The molecule has 2 aromatic heterocycles. The second-order valence-corrected chi connectivity index (χ2v) is 5.49. The minimum atomic E-state index is -1.15. The van der Waals surface area contributed by atoms with Crippen molar-refractivity contribution in [2.75, 3.05) is 0 Å². The molecule has 0 saturated heterocycles. The molecule has 0 saturated carbocycles. The maximum atomic E-state index is 12.7. The van der Waals surface area contributed by atoms with Gasteiger partial charge in [-0.15, -0.1) is 0 Å². The van der Waals surface area contributed by atoms with Gasteiger partial charge in [0.15, 0.2) is 11.4 Å². The third-order valence-corrected chi connectivity index (χ3v) is 4.01. The SMILES string of the molecule is O=C(OF)c1c(OCc2ccccc2)c2ccccc2c2ccnn12. The summed E-state index contributed by atoms with van der Waals surface area (Å²) in [5.74, 6) is -0.916. The number of benzene rings is 2. The van der Waals surface area contributed by atoms with E-state index in [0.29, 0.717) is 10.9 Å². The Kier molecular flexibility index (Phi) is 3.78. The van der Waals surface area contributed by atoms with Crippen LogP contribution < -0.4 is 4.74 Å². The highest BCUT2D eigenvalue weighted by molar-refractivity contribution is 6.06. The molecule has 0 bridgehead atoms. The smallest absolute Gasteiger partial charge is 0.401 e. The van der Waals surface area contributed by atoms with Gasteiger partial charge in [0.05, 0.1) is 11.7 Å². The fourth-order valence-electron chi connectivity index (χ4n) is 2.91. The lowest BCUT2D eigenvalue weighted by Crippen LogP contribution is -2.12. The zero-order valence-corrected chi connectivity index (χ0v) is 13.1. The molecule has 0 aliphatic carbocycles. The summed E-state index contributed by atoms with van der Waals surface area (Å²) in [6.45, 7) is 0.226. The van der Waals surface area contributed by atoms with Gasteiger partial charge >= 0.3 is 5.97 Å². The van der Waals surface area contributed by atoms with Gasteiger partial charge in [-0.25, -0.2) is 14.3 Å². The molecule has 0 amide bonds. The number of pyridine rings is 1. The number of hydrogen-bond acceptors (Lipinski definition) is 4. The van der Waals surface area contributed by atoms with Gasteiger partial charge in [0.25, 0.3) is 0 Å². The van der Waals surface area contributed by atoms with Gasteiger partial charge in [0, 0.05) is 15.3 Å². The highest BCUT2D eigenvalue weighted by Gasteiger charge is 2.24. The van der Waals surface area contributed by atoms with E-state index in [-0.39, 0.29) is 18.1 Å². The molecule has 0 aliphatic rings. The number of ether oxygens (including phenoxy) is 1. The van der Waals surface area contributed by atoms with E-state index in [2.05, 4.69) is 10.0 Å². The lowest BCUT2D eigenvalue weighted by Gasteiger charge is -2.14. The van der Waals surface area contributed by atoms with Gasteiger partial charge < -0.3 is 4.74 Å². The molecule has 2 heterocycles. The standard InChI is InChI=1S/C19H13FN2O3/c20-25-19(23)17-18(24-12-13-6-2-1-3-7-13)15-9-5-4-8-14(15)16-10-11-21-22(16)17/h1-11H,12H2. The first-order valence-corrected chi connectivity index (χ1v) is 7.67. The second-order valence-electron chi connectivity index (χ2n) is 5.49. The maximum Gasteiger partial charge on any atom is 0.401 e. The minimum absolute atomic E-state index is 0.0860. The van der Waals surface area contributed by atoms with Gasteiger partial charge in [-0.05, 0) is 11.6 Å². The summed E-state index contributed by atoms with van der Waals surface area (Å²) in [5, 5.41) is 5.66. The summed E-state index contributed by atoms with van der Waals surface area (Å²) in [4.78, 5) is 15.5. The molecule has 4 rings (SSSR count). The molecule has 4 aromatic rings. The second kappa shape index (κ2) is 6.24. The number of rotatable bonds is 4. The van der Waals surface area contributed by atoms with Gasteiger partial charge in [0.1, 0.15) is 6.61 Å². The molecule has 0 aliphatic heterocycles. The average Bonchev–Trinajstić information content (AvgIpc) is 3.15. The summed E-state index contributed by atoms with van der Waals surface area (Å²) in [6.07, 6.45) is 1.54. The normalized spacial score (nSPS) is 10.9. The molecule has 2 aromatic carbocycles. The van der Waals surface area contributed by atoms with Gasteiger partial charge in [0.2, 0.25) is 0 Å². The summed E-state index contributed by atoms with van der Waals surface area (Å²) in [5.41, 5.74) is 1.51. The van der Waals surface area contributed by atoms with Crippen LogP contribution in [0.5, 0.6) is 5.75 Å². The summed E-state index contributed by atoms with van der Waals surface area (Å²) in [7, 11) is 0. The van der Waals surface area contributed by atoms with Crippen LogP contribution in [0.1, 0.15) is 16.1 Å². The molecule has 6 heteroatoms. The lowest BCUT2D eigenvalue weighted by molar-refractivity contribution is -0.0797. The van der Waals surface area contributed by atoms with E-state index < -0.39 is 5.97 Å². The number of hydrogen-bond donors (Lipinski definition) is 0. The Morgan fingerprint density at radius 1 is 1.00 bits per heavy atom. The Morgan fingerprint density at radius 2 is 1.72 bits per heavy atom. The topological polar surface area (TPSA) is 52.8 Å². The van der Waals surface area contributed by atoms with E-state index in [4.69, 9.17) is 4.74 Å². The van der Waals surface area contributed by atoms with E-state index >= 15 is 0 Å². The summed E-state index contributed by atoms with van der Waals surface area (Å²) in [6, 6.07) is 18.7. The quantitative estimate of drug-likeness (QED) is 0.563. The van der Waals surface area contributed by atoms with Gasteiger partial charge in [-0.1, -0.05) is 54.6 Å². The predicted molar refractivity (Wildman–Crippen MR) is 90.0 cm³/mol. The van der Waals surface area contributed by atoms with Crippen molar-refractivity contribution < 1.29 is 19.0 Å². The van der Waals surface area contributed by atoms with Crippen molar-refractivity contribution in [3.63, 3.8) is 0 Å². The van der Waals surface area contributed by atoms with E-state index in [1.807, 2.05) is 54.6 Å². The Hall–Kier alpha value is -3.41. The first-order valence-electron chi connectivity index (χ1n) is 7.67. The molecule has 0 fully saturated rings. The van der Waals surface area contributed by atoms with Crippen LogP contribution in [0.3, 0.4) is 0 Å². The predicted octanol–water partition coefficient (Wildman–Crippen LogP) is 4.11. The molecule has 0 atom stereocenters. The van der Waals surface area contributed by atoms with Crippen LogP contribution in [0.15, 0.2) is 66.9 Å². The van der Waals surface area contributed by atoms with Crippen molar-refractivity contribution in [3.8, 4) is 5.75 Å². The number of carbonyl (C=O) groups excluding carboxylic acids is 1. The maximum absolute atomic E-state index is 12.7. The largest absolute Gasteiger partial charge is 0.486 e. The van der Waals surface area contributed by atoms with Crippen LogP contribution in [0.25, 0.3) is 16.3 Å². The van der Waals surface area contributed by atoms with Crippen LogP contribution in [-0.2, 0) is 11.5 Å². The Bertz CT molecular complexity index is 1060. The molecular formula is C19H13FN2O3. The molecular weight excluding hydrogens is 323 g/mol.